The van der Waals surface area contributed by atoms with Crippen molar-refractivity contribution in [1.82, 2.24) is 15.3 Å². The van der Waals surface area contributed by atoms with Crippen molar-refractivity contribution in [2.75, 3.05) is 0 Å². The smallest absolute Gasteiger partial charge is 0.120 e. The third-order valence-corrected chi connectivity index (χ3v) is 5.44. The van der Waals surface area contributed by atoms with Crippen molar-refractivity contribution >= 4 is 0 Å². The molecule has 4 atom stereocenters. The molecule has 3 nitrogen and oxygen atoms in total. The molecule has 4 rings (SSSR count). The lowest BCUT2D eigenvalue weighted by molar-refractivity contribution is -0.115. The molecule has 2 bridgehead atoms. The largest absolute Gasteiger partial charge is 0.348 e. The van der Waals surface area contributed by atoms with Gasteiger partial charge in [0.25, 0.3) is 0 Å². The summed E-state index contributed by atoms with van der Waals surface area (Å²) in [5, 5.41) is 3.68. The van der Waals surface area contributed by atoms with Gasteiger partial charge in [0.15, 0.2) is 0 Å². The van der Waals surface area contributed by atoms with Gasteiger partial charge in [-0.3, -0.25) is 0 Å². The minimum absolute atomic E-state index is 0.586. The second-order valence-corrected chi connectivity index (χ2v) is 6.48. The highest BCUT2D eigenvalue weighted by molar-refractivity contribution is 5.07. The first-order valence-electron chi connectivity index (χ1n) is 6.80. The SMILES string of the molecule is C[C@@H]1[C@@H](NCc2ncc[nH]2)C[C@H]2C[C@@H]1C2(C)C. The molecule has 3 aliphatic carbocycles. The van der Waals surface area contributed by atoms with Gasteiger partial charge in [0.1, 0.15) is 5.82 Å². The molecule has 0 radical (unpaired) electrons. The number of aromatic amines is 1. The van der Waals surface area contributed by atoms with E-state index < -0.39 is 0 Å². The molecule has 0 amide bonds. The van der Waals surface area contributed by atoms with Crippen LogP contribution in [0.2, 0.25) is 0 Å². The third kappa shape index (κ3) is 1.71. The van der Waals surface area contributed by atoms with Crippen LogP contribution in [-0.2, 0) is 6.54 Å². The highest BCUT2D eigenvalue weighted by Gasteiger charge is 2.55. The van der Waals surface area contributed by atoms with Gasteiger partial charge < -0.3 is 10.3 Å². The Hall–Kier alpha value is -0.830. The summed E-state index contributed by atoms with van der Waals surface area (Å²) in [5.74, 6) is 3.69. The fraction of sp³-hybridized carbons (Fsp3) is 0.786. The summed E-state index contributed by atoms with van der Waals surface area (Å²) in [6.07, 6.45) is 6.50. The predicted molar refractivity (Wildman–Crippen MR) is 68.4 cm³/mol. The van der Waals surface area contributed by atoms with Crippen LogP contribution in [0.25, 0.3) is 0 Å². The zero-order valence-corrected chi connectivity index (χ0v) is 11.0. The van der Waals surface area contributed by atoms with Crippen molar-refractivity contribution in [2.45, 2.75) is 46.2 Å². The standard InChI is InChI=1S/C14H23N3/c1-9-11-6-10(14(11,2)3)7-12(9)17-8-13-15-4-5-16-13/h4-5,9-12,17H,6-8H2,1-3H3,(H,15,16)/t9-,10+,11-,12-/m0/s1. The molecule has 94 valence electrons. The van der Waals surface area contributed by atoms with E-state index in [1.807, 2.05) is 12.4 Å². The van der Waals surface area contributed by atoms with E-state index in [-0.39, 0.29) is 0 Å². The molecule has 2 N–H and O–H groups in total. The summed E-state index contributed by atoms with van der Waals surface area (Å²) in [6, 6.07) is 0.678. The Bertz CT molecular complexity index is 382. The highest BCUT2D eigenvalue weighted by atomic mass is 15.0. The van der Waals surface area contributed by atoms with Crippen LogP contribution in [0.3, 0.4) is 0 Å². The minimum atomic E-state index is 0.586. The van der Waals surface area contributed by atoms with Crippen molar-refractivity contribution < 1.29 is 0 Å². The molecule has 0 unspecified atom stereocenters. The topological polar surface area (TPSA) is 40.7 Å². The molecular weight excluding hydrogens is 210 g/mol. The zero-order chi connectivity index (χ0) is 12.0. The molecule has 1 aromatic heterocycles. The van der Waals surface area contributed by atoms with Crippen LogP contribution in [0.4, 0.5) is 0 Å². The quantitative estimate of drug-likeness (QED) is 0.842. The number of aromatic nitrogens is 2. The van der Waals surface area contributed by atoms with Crippen LogP contribution in [0, 0.1) is 23.2 Å². The van der Waals surface area contributed by atoms with Crippen molar-refractivity contribution in [3.8, 4) is 0 Å². The average molecular weight is 233 g/mol. The Morgan fingerprint density at radius 1 is 1.47 bits per heavy atom. The van der Waals surface area contributed by atoms with E-state index in [0.29, 0.717) is 11.5 Å². The summed E-state index contributed by atoms with van der Waals surface area (Å²) < 4.78 is 0. The first-order valence-corrected chi connectivity index (χ1v) is 6.80. The van der Waals surface area contributed by atoms with E-state index in [0.717, 1.165) is 30.1 Å². The number of fused-ring (bicyclic) bond motifs is 2. The molecule has 0 spiro atoms. The summed E-state index contributed by atoms with van der Waals surface area (Å²) in [7, 11) is 0. The van der Waals surface area contributed by atoms with E-state index in [1.54, 1.807) is 0 Å². The maximum Gasteiger partial charge on any atom is 0.120 e. The Kier molecular flexibility index (Phi) is 2.54. The Morgan fingerprint density at radius 2 is 2.29 bits per heavy atom. The van der Waals surface area contributed by atoms with Crippen LogP contribution in [0.1, 0.15) is 39.4 Å². The van der Waals surface area contributed by atoms with Crippen LogP contribution < -0.4 is 5.32 Å². The van der Waals surface area contributed by atoms with E-state index in [2.05, 4.69) is 36.1 Å². The minimum Gasteiger partial charge on any atom is -0.348 e. The second-order valence-electron chi connectivity index (χ2n) is 6.48. The molecule has 3 heteroatoms. The van der Waals surface area contributed by atoms with E-state index in [1.165, 1.54) is 12.8 Å². The Labute approximate surface area is 103 Å². The number of hydrogen-bond acceptors (Lipinski definition) is 2. The van der Waals surface area contributed by atoms with Crippen LogP contribution in [0.5, 0.6) is 0 Å². The van der Waals surface area contributed by atoms with Crippen LogP contribution in [0.15, 0.2) is 12.4 Å². The van der Waals surface area contributed by atoms with Gasteiger partial charge in [-0.25, -0.2) is 4.98 Å². The first-order chi connectivity index (χ1) is 8.09. The van der Waals surface area contributed by atoms with Crippen molar-refractivity contribution in [1.29, 1.82) is 0 Å². The van der Waals surface area contributed by atoms with Gasteiger partial charge >= 0.3 is 0 Å². The number of imidazole rings is 1. The second kappa shape index (κ2) is 3.84. The zero-order valence-electron chi connectivity index (χ0n) is 11.0. The first kappa shape index (κ1) is 11.3. The molecule has 3 saturated carbocycles. The van der Waals surface area contributed by atoms with Crippen molar-refractivity contribution in [3.63, 3.8) is 0 Å². The van der Waals surface area contributed by atoms with E-state index in [9.17, 15) is 0 Å². The van der Waals surface area contributed by atoms with E-state index >= 15 is 0 Å². The predicted octanol–water partition coefficient (Wildman–Crippen LogP) is 2.57. The van der Waals surface area contributed by atoms with Gasteiger partial charge in [0.05, 0.1) is 6.54 Å². The molecule has 3 fully saturated rings. The maximum absolute atomic E-state index is 4.27. The summed E-state index contributed by atoms with van der Waals surface area (Å²) in [6.45, 7) is 8.19. The van der Waals surface area contributed by atoms with Gasteiger partial charge in [-0.05, 0) is 36.0 Å². The van der Waals surface area contributed by atoms with Gasteiger partial charge in [-0.1, -0.05) is 20.8 Å². The maximum atomic E-state index is 4.27. The van der Waals surface area contributed by atoms with Crippen molar-refractivity contribution in [3.05, 3.63) is 18.2 Å². The van der Waals surface area contributed by atoms with Gasteiger partial charge in [-0.15, -0.1) is 0 Å². The molecule has 1 aromatic rings. The number of H-pyrrole nitrogens is 1. The highest BCUT2D eigenvalue weighted by Crippen LogP contribution is 2.61. The number of rotatable bonds is 3. The lowest BCUT2D eigenvalue weighted by atomic mass is 9.45. The molecule has 17 heavy (non-hydrogen) atoms. The molecule has 0 aliphatic heterocycles. The van der Waals surface area contributed by atoms with Crippen LogP contribution in [-0.4, -0.2) is 16.0 Å². The number of nitrogens with zero attached hydrogens (tertiary/aromatic N) is 1. The summed E-state index contributed by atoms with van der Waals surface area (Å²) >= 11 is 0. The molecule has 1 heterocycles. The lowest BCUT2D eigenvalue weighted by Crippen LogP contribution is -2.59. The average Bonchev–Trinajstić information content (AvgIpc) is 2.79. The van der Waals surface area contributed by atoms with Crippen molar-refractivity contribution in [2.24, 2.45) is 23.2 Å². The van der Waals surface area contributed by atoms with Gasteiger partial charge in [0.2, 0.25) is 0 Å². The monoisotopic (exact) mass is 233 g/mol. The molecule has 0 aromatic carbocycles. The fourth-order valence-electron chi connectivity index (χ4n) is 4.04. The Morgan fingerprint density at radius 3 is 2.88 bits per heavy atom. The summed E-state index contributed by atoms with van der Waals surface area (Å²) in [5.41, 5.74) is 0.586. The normalized spacial score (nSPS) is 38.8. The molecule has 0 saturated heterocycles. The number of hydrogen-bond donors (Lipinski definition) is 2. The summed E-state index contributed by atoms with van der Waals surface area (Å²) in [4.78, 5) is 7.42. The Balaban J connectivity index is 1.60. The van der Waals surface area contributed by atoms with Crippen LogP contribution >= 0.6 is 0 Å². The van der Waals surface area contributed by atoms with E-state index in [4.69, 9.17) is 0 Å². The number of nitrogens with one attached hydrogen (secondary N) is 2. The third-order valence-electron chi connectivity index (χ3n) is 5.44. The lowest BCUT2D eigenvalue weighted by Gasteiger charge is -2.62. The molecule has 3 aliphatic rings. The molecular formula is C14H23N3. The van der Waals surface area contributed by atoms with Gasteiger partial charge in [-0.2, -0.15) is 0 Å². The van der Waals surface area contributed by atoms with Gasteiger partial charge in [0, 0.05) is 18.4 Å². The fourth-order valence-corrected chi connectivity index (χ4v) is 4.04.